The van der Waals surface area contributed by atoms with Crippen LogP contribution in [-0.4, -0.2) is 9.66 Å². The van der Waals surface area contributed by atoms with Gasteiger partial charge in [0.25, 0.3) is 0 Å². The van der Waals surface area contributed by atoms with Crippen molar-refractivity contribution in [3.05, 3.63) is 35.4 Å². The fraction of sp³-hybridized carbons (Fsp3) is 0.400. The summed E-state index contributed by atoms with van der Waals surface area (Å²) in [5.74, 6) is 7.48. The second-order valence-corrected chi connectivity index (χ2v) is 5.51. The number of nitrogens with two attached hydrogens (primary N) is 2. The number of rotatable bonds is 2. The molecule has 106 valence electrons. The van der Waals surface area contributed by atoms with Crippen LogP contribution in [0, 0.1) is 12.7 Å². The third-order valence-electron chi connectivity index (χ3n) is 4.14. The number of aromatic nitrogens is 2. The van der Waals surface area contributed by atoms with Crippen molar-refractivity contribution in [1.82, 2.24) is 9.66 Å². The van der Waals surface area contributed by atoms with Gasteiger partial charge < -0.3 is 11.6 Å². The molecule has 1 aliphatic carbocycles. The van der Waals surface area contributed by atoms with Crippen LogP contribution in [0.3, 0.4) is 0 Å². The minimum absolute atomic E-state index is 0.256. The Balaban J connectivity index is 2.07. The zero-order valence-corrected chi connectivity index (χ0v) is 11.6. The Morgan fingerprint density at radius 3 is 2.65 bits per heavy atom. The quantitative estimate of drug-likeness (QED) is 0.827. The van der Waals surface area contributed by atoms with Crippen molar-refractivity contribution in [2.24, 2.45) is 0 Å². The summed E-state index contributed by atoms with van der Waals surface area (Å²) in [7, 11) is 0. The lowest BCUT2D eigenvalue weighted by atomic mass is 10.1. The largest absolute Gasteiger partial charge is 0.382 e. The minimum atomic E-state index is -0.256. The average molecular weight is 274 g/mol. The van der Waals surface area contributed by atoms with Crippen LogP contribution in [0.25, 0.3) is 11.3 Å². The van der Waals surface area contributed by atoms with Gasteiger partial charge in [-0.15, -0.1) is 0 Å². The molecule has 3 rings (SSSR count). The fourth-order valence-electron chi connectivity index (χ4n) is 3.03. The predicted octanol–water partition coefficient (Wildman–Crippen LogP) is 2.95. The maximum Gasteiger partial charge on any atom is 0.150 e. The van der Waals surface area contributed by atoms with Crippen LogP contribution < -0.4 is 11.6 Å². The molecule has 0 bridgehead atoms. The van der Waals surface area contributed by atoms with E-state index >= 15 is 0 Å². The Morgan fingerprint density at radius 2 is 2.00 bits per heavy atom. The van der Waals surface area contributed by atoms with Gasteiger partial charge in [-0.1, -0.05) is 12.8 Å². The van der Waals surface area contributed by atoms with Gasteiger partial charge in [0.1, 0.15) is 17.3 Å². The number of nitrogens with zero attached hydrogens (tertiary/aromatic N) is 2. The minimum Gasteiger partial charge on any atom is -0.382 e. The number of aryl methyl sites for hydroxylation is 1. The van der Waals surface area contributed by atoms with E-state index in [0.717, 1.165) is 29.8 Å². The molecule has 4 nitrogen and oxygen atoms in total. The molecule has 0 radical (unpaired) electrons. The first-order valence-electron chi connectivity index (χ1n) is 6.97. The molecule has 1 aromatic heterocycles. The van der Waals surface area contributed by atoms with Crippen molar-refractivity contribution in [2.45, 2.75) is 38.5 Å². The molecular weight excluding hydrogens is 255 g/mol. The van der Waals surface area contributed by atoms with Gasteiger partial charge in [-0.2, -0.15) is 0 Å². The van der Waals surface area contributed by atoms with E-state index in [9.17, 15) is 4.39 Å². The van der Waals surface area contributed by atoms with E-state index in [1.165, 1.54) is 29.7 Å². The zero-order chi connectivity index (χ0) is 14.3. The highest BCUT2D eigenvalue weighted by atomic mass is 19.1. The van der Waals surface area contributed by atoms with Crippen LogP contribution >= 0.6 is 0 Å². The van der Waals surface area contributed by atoms with Gasteiger partial charge in [0, 0.05) is 11.5 Å². The Labute approximate surface area is 117 Å². The molecule has 0 spiro atoms. The summed E-state index contributed by atoms with van der Waals surface area (Å²) in [5, 5.41) is 0. The molecular formula is C15H19FN4. The molecule has 0 aliphatic heterocycles. The van der Waals surface area contributed by atoms with Gasteiger partial charge in [-0.05, 0) is 43.5 Å². The van der Waals surface area contributed by atoms with Gasteiger partial charge in [0.15, 0.2) is 5.82 Å². The van der Waals surface area contributed by atoms with E-state index in [-0.39, 0.29) is 5.82 Å². The second-order valence-electron chi connectivity index (χ2n) is 5.51. The normalized spacial score (nSPS) is 15.9. The van der Waals surface area contributed by atoms with Crippen LogP contribution in [0.1, 0.15) is 43.0 Å². The molecule has 5 heteroatoms. The summed E-state index contributed by atoms with van der Waals surface area (Å²) < 4.78 is 14.7. The van der Waals surface area contributed by atoms with Crippen molar-refractivity contribution in [1.29, 1.82) is 0 Å². The highest BCUT2D eigenvalue weighted by Gasteiger charge is 2.25. The van der Waals surface area contributed by atoms with E-state index in [4.69, 9.17) is 11.6 Å². The number of hydrogen-bond acceptors (Lipinski definition) is 3. The number of halogens is 1. The average Bonchev–Trinajstić information content (AvgIpc) is 3.01. The van der Waals surface area contributed by atoms with Gasteiger partial charge in [0.2, 0.25) is 0 Å². The van der Waals surface area contributed by atoms with E-state index in [0.29, 0.717) is 17.4 Å². The molecule has 1 aromatic carbocycles. The Bertz CT molecular complexity index is 642. The van der Waals surface area contributed by atoms with Crippen molar-refractivity contribution >= 4 is 5.82 Å². The highest BCUT2D eigenvalue weighted by molar-refractivity contribution is 5.73. The van der Waals surface area contributed by atoms with E-state index < -0.39 is 0 Å². The molecule has 0 saturated heterocycles. The van der Waals surface area contributed by atoms with Gasteiger partial charge in [0.05, 0.1) is 0 Å². The molecule has 1 saturated carbocycles. The lowest BCUT2D eigenvalue weighted by Gasteiger charge is -2.08. The summed E-state index contributed by atoms with van der Waals surface area (Å²) >= 11 is 0. The van der Waals surface area contributed by atoms with Crippen LogP contribution in [0.5, 0.6) is 0 Å². The van der Waals surface area contributed by atoms with Crippen molar-refractivity contribution in [3.8, 4) is 11.3 Å². The molecule has 4 N–H and O–H groups in total. The van der Waals surface area contributed by atoms with Crippen LogP contribution in [0.2, 0.25) is 0 Å². The standard InChI is InChI=1S/C15H19FN4/c1-9-8-11(16)6-7-12(9)13-14(17)20(18)15(19-13)10-4-2-3-5-10/h6-8,10H,2-5,17-18H2,1H3. The molecule has 1 fully saturated rings. The summed E-state index contributed by atoms with van der Waals surface area (Å²) in [4.78, 5) is 4.64. The van der Waals surface area contributed by atoms with Gasteiger partial charge in [-0.3, -0.25) is 0 Å². The monoisotopic (exact) mass is 274 g/mol. The maximum atomic E-state index is 13.2. The van der Waals surface area contributed by atoms with Crippen LogP contribution in [-0.2, 0) is 0 Å². The zero-order valence-electron chi connectivity index (χ0n) is 11.6. The second kappa shape index (κ2) is 4.81. The van der Waals surface area contributed by atoms with E-state index in [1.807, 2.05) is 6.92 Å². The lowest BCUT2D eigenvalue weighted by Crippen LogP contribution is -2.17. The number of anilines is 1. The topological polar surface area (TPSA) is 69.9 Å². The Morgan fingerprint density at radius 1 is 1.30 bits per heavy atom. The summed E-state index contributed by atoms with van der Waals surface area (Å²) in [6.07, 6.45) is 4.63. The predicted molar refractivity (Wildman–Crippen MR) is 78.1 cm³/mol. The SMILES string of the molecule is Cc1cc(F)ccc1-c1nc(C2CCCC2)n(N)c1N. The molecule has 20 heavy (non-hydrogen) atoms. The van der Waals surface area contributed by atoms with Crippen molar-refractivity contribution in [3.63, 3.8) is 0 Å². The number of nitrogen functional groups attached to an aromatic ring is 2. The van der Waals surface area contributed by atoms with Crippen LogP contribution in [0.4, 0.5) is 10.2 Å². The third kappa shape index (κ3) is 2.03. The smallest absolute Gasteiger partial charge is 0.150 e. The molecule has 1 aliphatic rings. The summed E-state index contributed by atoms with van der Waals surface area (Å²) in [6, 6.07) is 4.62. The van der Waals surface area contributed by atoms with Crippen molar-refractivity contribution < 1.29 is 4.39 Å². The molecule has 0 amide bonds. The van der Waals surface area contributed by atoms with Crippen LogP contribution in [0.15, 0.2) is 18.2 Å². The summed E-state index contributed by atoms with van der Waals surface area (Å²) in [6.45, 7) is 1.85. The first kappa shape index (κ1) is 13.0. The number of benzene rings is 1. The molecule has 1 heterocycles. The van der Waals surface area contributed by atoms with Gasteiger partial charge >= 0.3 is 0 Å². The Hall–Kier alpha value is -2.04. The lowest BCUT2D eigenvalue weighted by molar-refractivity contribution is 0.627. The number of imidazole rings is 1. The maximum absolute atomic E-state index is 13.2. The van der Waals surface area contributed by atoms with E-state index in [1.54, 1.807) is 6.07 Å². The molecule has 0 atom stereocenters. The highest BCUT2D eigenvalue weighted by Crippen LogP contribution is 2.37. The van der Waals surface area contributed by atoms with Gasteiger partial charge in [-0.25, -0.2) is 14.1 Å². The Kier molecular flexibility index (Phi) is 3.12. The third-order valence-corrected chi connectivity index (χ3v) is 4.14. The molecule has 0 unspecified atom stereocenters. The molecule has 2 aromatic rings. The van der Waals surface area contributed by atoms with Crippen molar-refractivity contribution in [2.75, 3.05) is 11.6 Å². The first-order valence-corrected chi connectivity index (χ1v) is 6.97. The fourth-order valence-corrected chi connectivity index (χ4v) is 3.03. The first-order chi connectivity index (χ1) is 9.58. The van der Waals surface area contributed by atoms with E-state index in [2.05, 4.69) is 4.98 Å². The summed E-state index contributed by atoms with van der Waals surface area (Å²) in [5.41, 5.74) is 8.40. The number of hydrogen-bond donors (Lipinski definition) is 2.